The van der Waals surface area contributed by atoms with Crippen LogP contribution in [-0.2, 0) is 11.3 Å². The fourth-order valence-electron chi connectivity index (χ4n) is 5.24. The summed E-state index contributed by atoms with van der Waals surface area (Å²) in [6.07, 6.45) is -2.73. The van der Waals surface area contributed by atoms with Gasteiger partial charge in [0.15, 0.2) is 0 Å². The average molecular weight is 619 g/mol. The zero-order chi connectivity index (χ0) is 30.4. The molecule has 0 fully saturated rings. The van der Waals surface area contributed by atoms with E-state index in [4.69, 9.17) is 5.11 Å². The third-order valence-corrected chi connectivity index (χ3v) is 7.02. The van der Waals surface area contributed by atoms with E-state index >= 15 is 0 Å². The van der Waals surface area contributed by atoms with Crippen LogP contribution in [0.1, 0.15) is 57.9 Å². The summed E-state index contributed by atoms with van der Waals surface area (Å²) in [5, 5.41) is 32.4. The molecule has 1 aromatic heterocycles. The molecule has 7 nitrogen and oxygen atoms in total. The molecule has 4 aromatic rings. The number of anilines is 1. The van der Waals surface area contributed by atoms with Gasteiger partial charge < -0.3 is 28.1 Å². The summed E-state index contributed by atoms with van der Waals surface area (Å²) in [5.41, 5.74) is 3.49. The summed E-state index contributed by atoms with van der Waals surface area (Å²) in [4.78, 5) is 25.0. The van der Waals surface area contributed by atoms with Crippen molar-refractivity contribution in [3.05, 3.63) is 102 Å². The minimum Gasteiger partial charge on any atom is -1.00 e. The Morgan fingerprint density at radius 1 is 0.884 bits per heavy atom. The van der Waals surface area contributed by atoms with E-state index in [9.17, 15) is 28.6 Å². The molecule has 0 aliphatic carbocycles. The van der Waals surface area contributed by atoms with Gasteiger partial charge in [-0.2, -0.15) is 0 Å². The van der Waals surface area contributed by atoms with Gasteiger partial charge in [0.25, 0.3) is 5.91 Å². The predicted octanol–water partition coefficient (Wildman–Crippen LogP) is 6.30. The van der Waals surface area contributed by atoms with Crippen molar-refractivity contribution < 1.29 is 36.5 Å². The van der Waals surface area contributed by atoms with Crippen LogP contribution >= 0.6 is 0 Å². The van der Waals surface area contributed by atoms with Crippen LogP contribution in [0, 0.1) is 11.6 Å². The molecule has 0 unspecified atom stereocenters. The number of para-hydroxylation sites is 1. The number of carboxylic acid groups (broad SMARTS) is 1. The Hall–Kier alpha value is -3.08. The van der Waals surface area contributed by atoms with Crippen LogP contribution in [0.25, 0.3) is 22.4 Å². The van der Waals surface area contributed by atoms with Gasteiger partial charge >= 0.3 is 43.7 Å². The Morgan fingerprint density at radius 2 is 1.51 bits per heavy atom. The van der Waals surface area contributed by atoms with Crippen LogP contribution in [0.15, 0.2) is 78.9 Å². The molecule has 1 heterocycles. The molecular formula is C33H36CaF2N2O5. The SMILES string of the molecule is CC(C)c1c(C(=O)Nc2ccccc2F)c(-c2ccccc2)c(-c2ccc(F)cc2)n1CC[C@@H](O)C[C@@H](O)CC(=O)O.[Ca+2].[H-].[H-]. The number of aliphatic carboxylic acids is 1. The van der Waals surface area contributed by atoms with Crippen molar-refractivity contribution in [1.82, 2.24) is 4.57 Å². The number of halogens is 2. The molecule has 0 aliphatic heterocycles. The van der Waals surface area contributed by atoms with Gasteiger partial charge in [0.05, 0.1) is 35.6 Å². The first-order valence-corrected chi connectivity index (χ1v) is 13.8. The molecule has 10 heteroatoms. The molecule has 1 amide bonds. The first kappa shape index (κ1) is 34.4. The van der Waals surface area contributed by atoms with Crippen LogP contribution in [0.5, 0.6) is 0 Å². The van der Waals surface area contributed by atoms with Crippen LogP contribution < -0.4 is 5.32 Å². The van der Waals surface area contributed by atoms with E-state index in [0.29, 0.717) is 33.6 Å². The second-order valence-electron chi connectivity index (χ2n) is 10.5. The first-order chi connectivity index (χ1) is 20.1. The molecule has 0 spiro atoms. The summed E-state index contributed by atoms with van der Waals surface area (Å²) in [5.74, 6) is -2.92. The first-order valence-electron chi connectivity index (χ1n) is 13.8. The number of aliphatic hydroxyl groups is 2. The van der Waals surface area contributed by atoms with E-state index < -0.39 is 42.1 Å². The molecule has 0 radical (unpaired) electrons. The second kappa shape index (κ2) is 15.6. The van der Waals surface area contributed by atoms with Crippen molar-refractivity contribution in [3.63, 3.8) is 0 Å². The van der Waals surface area contributed by atoms with Crippen LogP contribution in [-0.4, -0.2) is 81.7 Å². The number of carbonyl (C=O) groups is 2. The summed E-state index contributed by atoms with van der Waals surface area (Å²) >= 11 is 0. The average Bonchev–Trinajstić information content (AvgIpc) is 3.29. The number of hydrogen-bond acceptors (Lipinski definition) is 4. The Kier molecular flexibility index (Phi) is 12.5. The van der Waals surface area contributed by atoms with Crippen LogP contribution in [0.4, 0.5) is 14.5 Å². The van der Waals surface area contributed by atoms with Gasteiger partial charge in [-0.05, 0) is 66.3 Å². The number of amides is 1. The van der Waals surface area contributed by atoms with Crippen molar-refractivity contribution in [2.75, 3.05) is 5.32 Å². The monoisotopic (exact) mass is 618 g/mol. The van der Waals surface area contributed by atoms with Gasteiger partial charge in [0.1, 0.15) is 11.6 Å². The number of nitrogens with zero attached hydrogens (tertiary/aromatic N) is 1. The number of hydrogen-bond donors (Lipinski definition) is 4. The topological polar surface area (TPSA) is 112 Å². The third kappa shape index (κ3) is 8.52. The van der Waals surface area contributed by atoms with Crippen molar-refractivity contribution in [1.29, 1.82) is 0 Å². The molecule has 0 saturated heterocycles. The summed E-state index contributed by atoms with van der Waals surface area (Å²) in [7, 11) is 0. The molecule has 0 saturated carbocycles. The van der Waals surface area contributed by atoms with Crippen molar-refractivity contribution in [2.24, 2.45) is 0 Å². The molecule has 4 N–H and O–H groups in total. The normalized spacial score (nSPS) is 12.4. The summed E-state index contributed by atoms with van der Waals surface area (Å²) in [6, 6.07) is 21.0. The number of rotatable bonds is 12. The Morgan fingerprint density at radius 3 is 2.12 bits per heavy atom. The Balaban J connectivity index is 0.00000337. The fourth-order valence-corrected chi connectivity index (χ4v) is 5.24. The number of aromatic nitrogens is 1. The molecule has 2 atom stereocenters. The molecule has 43 heavy (non-hydrogen) atoms. The van der Waals surface area contributed by atoms with Gasteiger partial charge in [-0.1, -0.05) is 56.3 Å². The zero-order valence-corrected chi connectivity index (χ0v) is 26.3. The number of carbonyl (C=O) groups excluding carboxylic acids is 1. The third-order valence-electron chi connectivity index (χ3n) is 7.02. The number of benzene rings is 3. The maximum Gasteiger partial charge on any atom is 2.00 e. The standard InChI is InChI=1S/C33H34F2N2O5.Ca.2H/c1-20(2)31-30(33(42)36-27-11-7-6-10-26(27)35)29(21-8-4-3-5-9-21)32(22-12-14-23(34)15-13-22)37(31)17-16-24(38)18-25(39)19-28(40)41;;;/h3-15,20,24-25,38-39H,16-19H2,1-2H3,(H,36,42)(H,40,41);;;/q;+2;2*-1/t24-,25-;;;/m1.../s1. The molecule has 3 aromatic carbocycles. The smallest absolute Gasteiger partial charge is 1.00 e. The zero-order valence-electron chi connectivity index (χ0n) is 26.1. The van der Waals surface area contributed by atoms with E-state index in [1.807, 2.05) is 48.7 Å². The van der Waals surface area contributed by atoms with Gasteiger partial charge in [-0.15, -0.1) is 0 Å². The van der Waals surface area contributed by atoms with Crippen LogP contribution in [0.2, 0.25) is 0 Å². The van der Waals surface area contributed by atoms with Crippen molar-refractivity contribution in [3.8, 4) is 22.4 Å². The van der Waals surface area contributed by atoms with Crippen LogP contribution in [0.3, 0.4) is 0 Å². The minimum atomic E-state index is -1.22. The Labute approximate surface area is 282 Å². The summed E-state index contributed by atoms with van der Waals surface area (Å²) < 4.78 is 30.5. The maximum atomic E-state index is 14.6. The fraction of sp³-hybridized carbons (Fsp3) is 0.273. The van der Waals surface area contributed by atoms with Crippen molar-refractivity contribution in [2.45, 2.75) is 57.8 Å². The van der Waals surface area contributed by atoms with E-state index in [-0.39, 0.29) is 71.6 Å². The molecule has 4 rings (SSSR count). The molecular weight excluding hydrogens is 582 g/mol. The second-order valence-corrected chi connectivity index (χ2v) is 10.5. The predicted molar refractivity (Wildman–Crippen MR) is 165 cm³/mol. The molecule has 0 bridgehead atoms. The largest absolute Gasteiger partial charge is 2.00 e. The van der Waals surface area contributed by atoms with E-state index in [1.165, 1.54) is 30.3 Å². The molecule has 0 aliphatic rings. The van der Waals surface area contributed by atoms with Gasteiger partial charge in [0, 0.05) is 17.8 Å². The maximum absolute atomic E-state index is 14.6. The number of carboxylic acids is 1. The van der Waals surface area contributed by atoms with E-state index in [1.54, 1.807) is 18.2 Å². The van der Waals surface area contributed by atoms with E-state index in [2.05, 4.69) is 5.32 Å². The quantitative estimate of drug-likeness (QED) is 0.139. The van der Waals surface area contributed by atoms with Gasteiger partial charge in [0.2, 0.25) is 0 Å². The molecule has 224 valence electrons. The Bertz CT molecular complexity index is 1550. The van der Waals surface area contributed by atoms with Crippen molar-refractivity contribution >= 4 is 55.3 Å². The number of nitrogens with one attached hydrogen (secondary N) is 1. The summed E-state index contributed by atoms with van der Waals surface area (Å²) in [6.45, 7) is 4.04. The minimum absolute atomic E-state index is 0. The van der Waals surface area contributed by atoms with Gasteiger partial charge in [-0.3, -0.25) is 9.59 Å². The van der Waals surface area contributed by atoms with E-state index in [0.717, 1.165) is 0 Å². The number of aliphatic hydroxyl groups excluding tert-OH is 2. The van der Waals surface area contributed by atoms with Gasteiger partial charge in [-0.25, -0.2) is 8.78 Å².